The second-order valence-electron chi connectivity index (χ2n) is 6.77. The summed E-state index contributed by atoms with van der Waals surface area (Å²) in [5.41, 5.74) is 6.16. The van der Waals surface area contributed by atoms with Crippen LogP contribution in [0, 0.1) is 11.6 Å². The number of para-hydroxylation sites is 1. The van der Waals surface area contributed by atoms with Crippen molar-refractivity contribution in [3.63, 3.8) is 0 Å². The standard InChI is InChI=1S/C21H23F2N3O3/c1-13(24)20(28)26(18-7-5-4-6-8-18)21(29)14(2)25(3)19(27)11-15-9-16(22)12-17(23)10-15/h4-10,12-14H,11,24H2,1-3H3/t13-,14-/m0/s1. The zero-order chi connectivity index (χ0) is 21.7. The van der Waals surface area contributed by atoms with Gasteiger partial charge in [0.1, 0.15) is 17.7 Å². The predicted octanol–water partition coefficient (Wildman–Crippen LogP) is 2.26. The highest BCUT2D eigenvalue weighted by Gasteiger charge is 2.32. The number of halogens is 2. The molecule has 0 aromatic heterocycles. The third-order valence-corrected chi connectivity index (χ3v) is 4.45. The van der Waals surface area contributed by atoms with E-state index in [4.69, 9.17) is 5.73 Å². The minimum atomic E-state index is -1.01. The second kappa shape index (κ2) is 9.38. The number of nitrogens with zero attached hydrogens (tertiary/aromatic N) is 2. The van der Waals surface area contributed by atoms with Crippen LogP contribution in [-0.2, 0) is 20.8 Å². The molecule has 0 fully saturated rings. The van der Waals surface area contributed by atoms with Crippen LogP contribution in [0.2, 0.25) is 0 Å². The maximum Gasteiger partial charge on any atom is 0.256 e. The van der Waals surface area contributed by atoms with Crippen LogP contribution >= 0.6 is 0 Å². The molecule has 2 aromatic rings. The first-order chi connectivity index (χ1) is 13.6. The zero-order valence-electron chi connectivity index (χ0n) is 16.4. The van der Waals surface area contributed by atoms with Crippen LogP contribution in [0.4, 0.5) is 14.5 Å². The highest BCUT2D eigenvalue weighted by Crippen LogP contribution is 2.18. The number of rotatable bonds is 6. The number of carbonyl (C=O) groups is 3. The SMILES string of the molecule is C[C@H](N)C(=O)N(C(=O)[C@H](C)N(C)C(=O)Cc1cc(F)cc(F)c1)c1ccccc1. The largest absolute Gasteiger partial charge is 0.334 e. The molecule has 0 saturated heterocycles. The molecule has 6 nitrogen and oxygen atoms in total. The van der Waals surface area contributed by atoms with Gasteiger partial charge >= 0.3 is 0 Å². The fraction of sp³-hybridized carbons (Fsp3) is 0.286. The van der Waals surface area contributed by atoms with Gasteiger partial charge in [-0.15, -0.1) is 0 Å². The van der Waals surface area contributed by atoms with E-state index in [-0.39, 0.29) is 12.0 Å². The van der Waals surface area contributed by atoms with Gasteiger partial charge in [-0.05, 0) is 43.7 Å². The Balaban J connectivity index is 2.22. The van der Waals surface area contributed by atoms with Crippen LogP contribution in [0.15, 0.2) is 48.5 Å². The third kappa shape index (κ3) is 5.45. The molecule has 2 rings (SSSR count). The van der Waals surface area contributed by atoms with Crippen LogP contribution < -0.4 is 10.6 Å². The molecule has 29 heavy (non-hydrogen) atoms. The van der Waals surface area contributed by atoms with Crippen molar-refractivity contribution < 1.29 is 23.2 Å². The van der Waals surface area contributed by atoms with Crippen LogP contribution in [0.25, 0.3) is 0 Å². The third-order valence-electron chi connectivity index (χ3n) is 4.45. The number of carbonyl (C=O) groups excluding carboxylic acids is 3. The quantitative estimate of drug-likeness (QED) is 0.802. The van der Waals surface area contributed by atoms with Crippen molar-refractivity contribution in [2.75, 3.05) is 11.9 Å². The first kappa shape index (κ1) is 22.2. The summed E-state index contributed by atoms with van der Waals surface area (Å²) < 4.78 is 26.7. The minimum absolute atomic E-state index is 0.144. The van der Waals surface area contributed by atoms with Gasteiger partial charge in [0.15, 0.2) is 0 Å². The van der Waals surface area contributed by atoms with Crippen molar-refractivity contribution in [3.8, 4) is 0 Å². The molecule has 0 bridgehead atoms. The lowest BCUT2D eigenvalue weighted by Crippen LogP contribution is -2.53. The van der Waals surface area contributed by atoms with Gasteiger partial charge in [0.2, 0.25) is 11.8 Å². The van der Waals surface area contributed by atoms with Gasteiger partial charge in [-0.1, -0.05) is 18.2 Å². The lowest BCUT2D eigenvalue weighted by atomic mass is 10.1. The topological polar surface area (TPSA) is 83.7 Å². The van der Waals surface area contributed by atoms with Gasteiger partial charge < -0.3 is 10.6 Å². The Kier molecular flexibility index (Phi) is 7.17. The van der Waals surface area contributed by atoms with Crippen LogP contribution in [-0.4, -0.2) is 41.8 Å². The number of benzene rings is 2. The molecule has 0 aliphatic heterocycles. The van der Waals surface area contributed by atoms with Crippen LogP contribution in [0.1, 0.15) is 19.4 Å². The predicted molar refractivity (Wildman–Crippen MR) is 105 cm³/mol. The molecule has 8 heteroatoms. The van der Waals surface area contributed by atoms with Crippen LogP contribution in [0.5, 0.6) is 0 Å². The number of amides is 3. The van der Waals surface area contributed by atoms with Crippen LogP contribution in [0.3, 0.4) is 0 Å². The Bertz CT molecular complexity index is 883. The minimum Gasteiger partial charge on any atom is -0.334 e. The number of anilines is 1. The molecule has 2 N–H and O–H groups in total. The number of hydrogen-bond donors (Lipinski definition) is 1. The highest BCUT2D eigenvalue weighted by atomic mass is 19.1. The Morgan fingerprint density at radius 1 is 0.966 bits per heavy atom. The van der Waals surface area contributed by atoms with E-state index in [1.54, 1.807) is 30.3 Å². The summed E-state index contributed by atoms with van der Waals surface area (Å²) in [7, 11) is 1.39. The van der Waals surface area contributed by atoms with Crippen molar-refractivity contribution in [2.24, 2.45) is 5.73 Å². The Hall–Kier alpha value is -3.13. The van der Waals surface area contributed by atoms with Gasteiger partial charge in [-0.25, -0.2) is 13.7 Å². The summed E-state index contributed by atoms with van der Waals surface area (Å²) in [5, 5.41) is 0. The molecule has 0 unspecified atom stereocenters. The second-order valence-corrected chi connectivity index (χ2v) is 6.77. The average Bonchev–Trinajstić information content (AvgIpc) is 2.66. The molecule has 0 aliphatic rings. The molecule has 0 spiro atoms. The average molecular weight is 403 g/mol. The summed E-state index contributed by atoms with van der Waals surface area (Å²) in [6.45, 7) is 2.93. The maximum atomic E-state index is 13.3. The molecule has 0 aliphatic carbocycles. The highest BCUT2D eigenvalue weighted by molar-refractivity contribution is 6.18. The molecule has 0 saturated carbocycles. The fourth-order valence-corrected chi connectivity index (χ4v) is 2.72. The smallest absolute Gasteiger partial charge is 0.256 e. The van der Waals surface area contributed by atoms with Crippen molar-refractivity contribution in [2.45, 2.75) is 32.4 Å². The summed E-state index contributed by atoms with van der Waals surface area (Å²) in [4.78, 5) is 40.2. The van der Waals surface area contributed by atoms with Gasteiger partial charge in [-0.3, -0.25) is 14.4 Å². The van der Waals surface area contributed by atoms with E-state index in [0.717, 1.165) is 21.9 Å². The van der Waals surface area contributed by atoms with Crippen molar-refractivity contribution in [3.05, 3.63) is 65.7 Å². The van der Waals surface area contributed by atoms with E-state index in [2.05, 4.69) is 0 Å². The first-order valence-electron chi connectivity index (χ1n) is 9.01. The number of hydrogen-bond acceptors (Lipinski definition) is 4. The lowest BCUT2D eigenvalue weighted by Gasteiger charge is -2.30. The van der Waals surface area contributed by atoms with Crippen molar-refractivity contribution in [1.82, 2.24) is 4.90 Å². The molecule has 0 radical (unpaired) electrons. The Morgan fingerprint density at radius 2 is 1.52 bits per heavy atom. The van der Waals surface area contributed by atoms with E-state index >= 15 is 0 Å². The molecule has 2 atom stereocenters. The zero-order valence-corrected chi connectivity index (χ0v) is 16.4. The van der Waals surface area contributed by atoms with Gasteiger partial charge in [0, 0.05) is 13.1 Å². The molecular weight excluding hydrogens is 380 g/mol. The summed E-state index contributed by atoms with van der Waals surface area (Å²) >= 11 is 0. The lowest BCUT2D eigenvalue weighted by molar-refractivity contribution is -0.138. The molecular formula is C21H23F2N3O3. The summed E-state index contributed by atoms with van der Waals surface area (Å²) in [6, 6.07) is 9.12. The van der Waals surface area contributed by atoms with Gasteiger partial charge in [-0.2, -0.15) is 0 Å². The first-order valence-corrected chi connectivity index (χ1v) is 9.01. The van der Waals surface area contributed by atoms with Gasteiger partial charge in [0.05, 0.1) is 18.2 Å². The fourth-order valence-electron chi connectivity index (χ4n) is 2.72. The van der Waals surface area contributed by atoms with E-state index in [1.165, 1.54) is 20.9 Å². The van der Waals surface area contributed by atoms with E-state index < -0.39 is 41.4 Å². The molecule has 154 valence electrons. The number of nitrogens with two attached hydrogens (primary N) is 1. The molecule has 3 amide bonds. The van der Waals surface area contributed by atoms with Crippen molar-refractivity contribution in [1.29, 1.82) is 0 Å². The van der Waals surface area contributed by atoms with Gasteiger partial charge in [0.25, 0.3) is 5.91 Å². The summed E-state index contributed by atoms with van der Waals surface area (Å²) in [6.07, 6.45) is -0.296. The van der Waals surface area contributed by atoms with Crippen molar-refractivity contribution >= 4 is 23.4 Å². The monoisotopic (exact) mass is 403 g/mol. The molecule has 0 heterocycles. The van der Waals surface area contributed by atoms with E-state index in [9.17, 15) is 23.2 Å². The Morgan fingerprint density at radius 3 is 2.03 bits per heavy atom. The Labute approximate surface area is 167 Å². The number of likely N-dealkylation sites (N-methyl/N-ethyl adjacent to an activating group) is 1. The molecule has 2 aromatic carbocycles. The van der Waals surface area contributed by atoms with E-state index in [1.807, 2.05) is 0 Å². The number of imide groups is 1. The summed E-state index contributed by atoms with van der Waals surface area (Å²) in [5.74, 6) is -3.37. The maximum absolute atomic E-state index is 13.3. The normalized spacial score (nSPS) is 12.8. The van der Waals surface area contributed by atoms with E-state index in [0.29, 0.717) is 11.8 Å².